The zero-order valence-electron chi connectivity index (χ0n) is 26.4. The highest BCUT2D eigenvalue weighted by molar-refractivity contribution is 14.1. The highest BCUT2D eigenvalue weighted by atomic mass is 127. The fourth-order valence-corrected chi connectivity index (χ4v) is 10.5. The van der Waals surface area contributed by atoms with Crippen molar-refractivity contribution in [3.05, 3.63) is 31.4 Å². The van der Waals surface area contributed by atoms with Crippen molar-refractivity contribution in [2.45, 2.75) is 131 Å². The molecule has 6 saturated carbocycles. The van der Waals surface area contributed by atoms with Crippen molar-refractivity contribution in [3.63, 3.8) is 0 Å². The van der Waals surface area contributed by atoms with Crippen molar-refractivity contribution in [2.24, 2.45) is 0 Å². The van der Waals surface area contributed by atoms with Crippen molar-refractivity contribution < 1.29 is 27.4 Å². The molecule has 256 valence electrons. The van der Waals surface area contributed by atoms with E-state index in [1.807, 2.05) is 6.20 Å². The van der Waals surface area contributed by atoms with Gasteiger partial charge in [0.25, 0.3) is 11.8 Å². The minimum absolute atomic E-state index is 0.00733. The molecule has 8 nitrogen and oxygen atoms in total. The molecular weight excluding hydrogens is 830 g/mol. The topological polar surface area (TPSA) is 71.6 Å². The summed E-state index contributed by atoms with van der Waals surface area (Å²) in [4.78, 5) is 13.6. The van der Waals surface area contributed by atoms with Crippen LogP contribution in [0.25, 0.3) is 0 Å². The summed E-state index contributed by atoms with van der Waals surface area (Å²) < 4.78 is 65.5. The highest BCUT2D eigenvalue weighted by Gasteiger charge is 2.73. The van der Waals surface area contributed by atoms with Crippen LogP contribution in [-0.2, 0) is 29.0 Å². The Bertz CT molecular complexity index is 1390. The predicted octanol–water partition coefficient (Wildman–Crippen LogP) is 6.51. The van der Waals surface area contributed by atoms with Crippen LogP contribution in [0.5, 0.6) is 0 Å². The van der Waals surface area contributed by atoms with Crippen molar-refractivity contribution in [1.29, 1.82) is 0 Å². The van der Waals surface area contributed by atoms with Gasteiger partial charge in [-0.2, -0.15) is 0 Å². The van der Waals surface area contributed by atoms with Crippen molar-refractivity contribution in [2.75, 3.05) is 32.8 Å². The Morgan fingerprint density at radius 2 is 1.13 bits per heavy atom. The van der Waals surface area contributed by atoms with E-state index in [-0.39, 0.29) is 54.4 Å². The number of alkyl halides is 4. The first-order chi connectivity index (χ1) is 21.8. The zero-order chi connectivity index (χ0) is 32.6. The SMILES string of the molecule is CCCCOCc1nc(I)cn1C12CC(N3CCC(F)(F)CC3)(C1)C2.OCc1nc(I)cn1C12CC(N3CCC(F)(F)CC3)(C1)C2. The Balaban J connectivity index is 0.000000149. The molecule has 2 aromatic heterocycles. The molecule has 0 aromatic carbocycles. The molecule has 1 N–H and O–H groups in total. The van der Waals surface area contributed by atoms with Crippen molar-refractivity contribution in [3.8, 4) is 0 Å². The van der Waals surface area contributed by atoms with Crippen LogP contribution in [0.3, 0.4) is 0 Å². The Kier molecular flexibility index (Phi) is 8.88. The van der Waals surface area contributed by atoms with Crippen molar-refractivity contribution >= 4 is 45.2 Å². The van der Waals surface area contributed by atoms with Crippen LogP contribution in [0.4, 0.5) is 17.6 Å². The van der Waals surface area contributed by atoms with Gasteiger partial charge >= 0.3 is 0 Å². The summed E-state index contributed by atoms with van der Waals surface area (Å²) in [6.07, 6.45) is 12.6. The first kappa shape index (κ1) is 33.9. The van der Waals surface area contributed by atoms with Gasteiger partial charge in [-0.15, -0.1) is 0 Å². The second-order valence-electron chi connectivity index (χ2n) is 14.9. The van der Waals surface area contributed by atoms with E-state index >= 15 is 0 Å². The molecule has 0 radical (unpaired) electrons. The van der Waals surface area contributed by atoms with Gasteiger partial charge in [0.2, 0.25) is 0 Å². The molecule has 2 aromatic rings. The van der Waals surface area contributed by atoms with Crippen LogP contribution in [0, 0.1) is 7.40 Å². The second-order valence-corrected chi connectivity index (χ2v) is 17.1. The number of aromatic nitrogens is 4. The van der Waals surface area contributed by atoms with Gasteiger partial charge in [0.15, 0.2) is 0 Å². The molecule has 10 rings (SSSR count). The number of piperidine rings is 2. The molecule has 8 aliphatic rings. The number of hydrogen-bond acceptors (Lipinski definition) is 6. The van der Waals surface area contributed by atoms with Gasteiger partial charge in [-0.05, 0) is 90.1 Å². The van der Waals surface area contributed by atoms with Crippen LogP contribution < -0.4 is 0 Å². The van der Waals surface area contributed by atoms with Gasteiger partial charge in [0.05, 0.1) is 11.1 Å². The summed E-state index contributed by atoms with van der Waals surface area (Å²) in [5.74, 6) is -3.19. The minimum Gasteiger partial charge on any atom is -0.388 e. The Hall–Kier alpha value is -0.560. The van der Waals surface area contributed by atoms with Gasteiger partial charge in [-0.3, -0.25) is 9.80 Å². The average molecular weight is 875 g/mol. The average Bonchev–Trinajstić information content (AvgIpc) is 3.47. The molecular formula is C32H44F4I2N6O2. The Morgan fingerprint density at radius 3 is 1.54 bits per heavy atom. The number of hydrogen-bond donors (Lipinski definition) is 1. The quantitative estimate of drug-likeness (QED) is 0.167. The standard InChI is InChI=1S/C18H26F2IN3O.C14H18F2IN3O/c1-2-3-8-25-10-15-22-14(21)9-24(15)17-11-16(12-17,13-17)23-6-4-18(19,20)5-7-23;15-14(16)1-3-19(4-2-14)12-7-13(8-12,9-12)20-5-10(17)18-11(20)6-21/h9H,2-8,10-13H2,1H3;5,21H,1-4,6-9H2. The number of unbranched alkanes of at least 4 members (excludes halogenated alkanes) is 1. The molecule has 0 spiro atoms. The van der Waals surface area contributed by atoms with Crippen LogP contribution >= 0.6 is 45.2 Å². The van der Waals surface area contributed by atoms with E-state index in [4.69, 9.17) is 4.74 Å². The number of aliphatic hydroxyl groups is 1. The van der Waals surface area contributed by atoms with E-state index in [1.165, 1.54) is 0 Å². The predicted molar refractivity (Wildman–Crippen MR) is 181 cm³/mol. The molecule has 4 heterocycles. The van der Waals surface area contributed by atoms with E-state index in [0.717, 1.165) is 77.0 Å². The number of rotatable bonds is 10. The molecule has 0 atom stereocenters. The van der Waals surface area contributed by atoms with Crippen LogP contribution in [0.1, 0.15) is 95.6 Å². The summed E-state index contributed by atoms with van der Waals surface area (Å²) in [6, 6.07) is 0. The maximum Gasteiger partial charge on any atom is 0.250 e. The molecule has 6 aliphatic carbocycles. The molecule has 46 heavy (non-hydrogen) atoms. The van der Waals surface area contributed by atoms with E-state index in [2.05, 4.69) is 87.2 Å². The van der Waals surface area contributed by atoms with Gasteiger partial charge in [-0.25, -0.2) is 27.5 Å². The third-order valence-corrected chi connectivity index (χ3v) is 12.9. The Labute approximate surface area is 295 Å². The molecule has 14 heteroatoms. The first-order valence-electron chi connectivity index (χ1n) is 16.7. The summed E-state index contributed by atoms with van der Waals surface area (Å²) in [5, 5.41) is 9.42. The van der Waals surface area contributed by atoms with Gasteiger partial charge in [0, 0.05) is 81.9 Å². The van der Waals surface area contributed by atoms with E-state index in [1.54, 1.807) is 0 Å². The van der Waals surface area contributed by atoms with Crippen LogP contribution in [0.15, 0.2) is 12.4 Å². The minimum atomic E-state index is -2.47. The molecule has 2 aliphatic heterocycles. The summed E-state index contributed by atoms with van der Waals surface area (Å²) >= 11 is 4.42. The summed E-state index contributed by atoms with van der Waals surface area (Å²) in [5.41, 5.74) is 0.541. The molecule has 8 fully saturated rings. The molecule has 0 amide bonds. The van der Waals surface area contributed by atoms with Gasteiger partial charge in [0.1, 0.15) is 32.3 Å². The molecule has 2 saturated heterocycles. The number of likely N-dealkylation sites (tertiary alicyclic amines) is 2. The smallest absolute Gasteiger partial charge is 0.250 e. The summed E-state index contributed by atoms with van der Waals surface area (Å²) in [7, 11) is 0. The summed E-state index contributed by atoms with van der Waals surface area (Å²) in [6.45, 7) is 5.55. The number of ether oxygens (including phenoxy) is 1. The highest BCUT2D eigenvalue weighted by Crippen LogP contribution is 2.69. The number of imidazole rings is 2. The lowest BCUT2D eigenvalue weighted by Gasteiger charge is -2.74. The molecule has 0 unspecified atom stereocenters. The largest absolute Gasteiger partial charge is 0.388 e. The number of halogens is 6. The number of nitrogens with zero attached hydrogens (tertiary/aromatic N) is 6. The number of aliphatic hydroxyl groups excluding tert-OH is 1. The lowest BCUT2D eigenvalue weighted by Crippen LogP contribution is -2.79. The molecule has 4 bridgehead atoms. The van der Waals surface area contributed by atoms with Crippen LogP contribution in [0.2, 0.25) is 0 Å². The lowest BCUT2D eigenvalue weighted by atomic mass is 9.43. The van der Waals surface area contributed by atoms with Crippen molar-refractivity contribution in [1.82, 2.24) is 28.9 Å². The van der Waals surface area contributed by atoms with E-state index in [9.17, 15) is 22.7 Å². The fourth-order valence-electron chi connectivity index (χ4n) is 9.38. The first-order valence-corrected chi connectivity index (χ1v) is 18.9. The lowest BCUT2D eigenvalue weighted by molar-refractivity contribution is -0.224. The van der Waals surface area contributed by atoms with Gasteiger partial charge in [-0.1, -0.05) is 13.3 Å². The van der Waals surface area contributed by atoms with E-state index < -0.39 is 11.8 Å². The second kappa shape index (κ2) is 12.0. The Morgan fingerprint density at radius 1 is 0.717 bits per heavy atom. The third kappa shape index (κ3) is 5.87. The monoisotopic (exact) mass is 874 g/mol. The van der Waals surface area contributed by atoms with E-state index in [0.29, 0.717) is 32.8 Å². The maximum absolute atomic E-state index is 13.4. The zero-order valence-corrected chi connectivity index (χ0v) is 30.7. The van der Waals surface area contributed by atoms with Crippen LogP contribution in [-0.4, -0.2) is 89.7 Å². The van der Waals surface area contributed by atoms with Gasteiger partial charge < -0.3 is 19.0 Å². The normalized spacial score (nSPS) is 35.7. The third-order valence-electron chi connectivity index (χ3n) is 11.8. The fraction of sp³-hybridized carbons (Fsp3) is 0.812. The maximum atomic E-state index is 13.4.